The van der Waals surface area contributed by atoms with Gasteiger partial charge in [-0.1, -0.05) is 25.1 Å². The van der Waals surface area contributed by atoms with Gasteiger partial charge in [0.2, 0.25) is 11.8 Å². The summed E-state index contributed by atoms with van der Waals surface area (Å²) in [4.78, 5) is 25.7. The van der Waals surface area contributed by atoms with E-state index in [1.165, 1.54) is 11.8 Å². The lowest BCUT2D eigenvalue weighted by Crippen LogP contribution is -2.39. The Hall–Kier alpha value is -3.02. The number of rotatable bonds is 9. The van der Waals surface area contributed by atoms with Gasteiger partial charge in [-0.25, -0.2) is 0 Å². The van der Waals surface area contributed by atoms with Gasteiger partial charge >= 0.3 is 0 Å². The highest BCUT2D eigenvalue weighted by molar-refractivity contribution is 5.94. The maximum absolute atomic E-state index is 12.3. The summed E-state index contributed by atoms with van der Waals surface area (Å²) in [6.07, 6.45) is 0.822. The molecule has 0 aliphatic carbocycles. The molecule has 6 nitrogen and oxygen atoms in total. The van der Waals surface area contributed by atoms with Crippen molar-refractivity contribution in [3.8, 4) is 11.5 Å². The SMILES string of the molecule is CCc1ccccc1NC(=O)CN(CCOc1ccc(OC)cc1)C(C)=O. The van der Waals surface area contributed by atoms with Crippen LogP contribution in [0.1, 0.15) is 19.4 Å². The number of hydrogen-bond donors (Lipinski definition) is 1. The molecule has 0 spiro atoms. The minimum atomic E-state index is -0.226. The molecule has 0 saturated heterocycles. The van der Waals surface area contributed by atoms with E-state index in [1.807, 2.05) is 31.2 Å². The predicted octanol–water partition coefficient (Wildman–Crippen LogP) is 3.12. The third-order valence-corrected chi connectivity index (χ3v) is 4.14. The summed E-state index contributed by atoms with van der Waals surface area (Å²) in [5.74, 6) is 1.03. The van der Waals surface area contributed by atoms with E-state index in [4.69, 9.17) is 9.47 Å². The van der Waals surface area contributed by atoms with Gasteiger partial charge in [-0.05, 0) is 42.3 Å². The van der Waals surface area contributed by atoms with Crippen LogP contribution < -0.4 is 14.8 Å². The lowest BCUT2D eigenvalue weighted by molar-refractivity contribution is -0.133. The van der Waals surface area contributed by atoms with Crippen LogP contribution in [-0.2, 0) is 16.0 Å². The van der Waals surface area contributed by atoms with Gasteiger partial charge in [-0.3, -0.25) is 9.59 Å². The average molecular weight is 370 g/mol. The second-order valence-electron chi connectivity index (χ2n) is 6.02. The zero-order chi connectivity index (χ0) is 19.6. The van der Waals surface area contributed by atoms with Crippen molar-refractivity contribution in [1.29, 1.82) is 0 Å². The van der Waals surface area contributed by atoms with Crippen LogP contribution in [0.15, 0.2) is 48.5 Å². The zero-order valence-corrected chi connectivity index (χ0v) is 16.0. The van der Waals surface area contributed by atoms with E-state index in [2.05, 4.69) is 5.32 Å². The number of nitrogens with one attached hydrogen (secondary N) is 1. The number of amides is 2. The maximum atomic E-state index is 12.3. The van der Waals surface area contributed by atoms with Crippen LogP contribution in [0.5, 0.6) is 11.5 Å². The first kappa shape index (κ1) is 20.3. The Labute approximate surface area is 160 Å². The molecule has 0 radical (unpaired) electrons. The summed E-state index contributed by atoms with van der Waals surface area (Å²) in [6, 6.07) is 14.8. The maximum Gasteiger partial charge on any atom is 0.244 e. The molecule has 6 heteroatoms. The van der Waals surface area contributed by atoms with Crippen molar-refractivity contribution in [1.82, 2.24) is 4.90 Å². The third kappa shape index (κ3) is 6.33. The molecule has 0 saturated carbocycles. The van der Waals surface area contributed by atoms with Gasteiger partial charge in [0.15, 0.2) is 0 Å². The number of anilines is 1. The van der Waals surface area contributed by atoms with Crippen LogP contribution in [0, 0.1) is 0 Å². The Morgan fingerprint density at radius 3 is 2.33 bits per heavy atom. The van der Waals surface area contributed by atoms with Gasteiger partial charge in [0, 0.05) is 12.6 Å². The van der Waals surface area contributed by atoms with E-state index in [1.54, 1.807) is 31.4 Å². The number of carbonyl (C=O) groups excluding carboxylic acids is 2. The number of carbonyl (C=O) groups is 2. The van der Waals surface area contributed by atoms with Crippen molar-refractivity contribution < 1.29 is 19.1 Å². The Morgan fingerprint density at radius 2 is 1.70 bits per heavy atom. The monoisotopic (exact) mass is 370 g/mol. The van der Waals surface area contributed by atoms with E-state index in [0.29, 0.717) is 18.9 Å². The predicted molar refractivity (Wildman–Crippen MR) is 105 cm³/mol. The van der Waals surface area contributed by atoms with E-state index in [0.717, 1.165) is 23.4 Å². The minimum absolute atomic E-state index is 0.0145. The van der Waals surface area contributed by atoms with Crippen molar-refractivity contribution >= 4 is 17.5 Å². The normalized spacial score (nSPS) is 10.2. The van der Waals surface area contributed by atoms with Crippen LogP contribution >= 0.6 is 0 Å². The van der Waals surface area contributed by atoms with Crippen molar-refractivity contribution in [2.24, 2.45) is 0 Å². The number of methoxy groups -OCH3 is 1. The highest BCUT2D eigenvalue weighted by Crippen LogP contribution is 2.17. The molecule has 0 aliphatic rings. The first-order chi connectivity index (χ1) is 13.0. The summed E-state index contributed by atoms with van der Waals surface area (Å²) in [7, 11) is 1.60. The molecule has 0 atom stereocenters. The van der Waals surface area contributed by atoms with Crippen LogP contribution in [0.25, 0.3) is 0 Å². The van der Waals surface area contributed by atoms with Crippen molar-refractivity contribution in [2.75, 3.05) is 32.1 Å². The van der Waals surface area contributed by atoms with E-state index >= 15 is 0 Å². The van der Waals surface area contributed by atoms with Gasteiger partial charge in [-0.2, -0.15) is 0 Å². The fraction of sp³-hybridized carbons (Fsp3) is 0.333. The van der Waals surface area contributed by atoms with Gasteiger partial charge < -0.3 is 19.7 Å². The second-order valence-corrected chi connectivity index (χ2v) is 6.02. The summed E-state index contributed by atoms with van der Waals surface area (Å²) >= 11 is 0. The molecule has 1 N–H and O–H groups in total. The molecule has 27 heavy (non-hydrogen) atoms. The van der Waals surface area contributed by atoms with Gasteiger partial charge in [-0.15, -0.1) is 0 Å². The largest absolute Gasteiger partial charge is 0.497 e. The van der Waals surface area contributed by atoms with Crippen molar-refractivity contribution in [3.05, 3.63) is 54.1 Å². The summed E-state index contributed by atoms with van der Waals surface area (Å²) in [6.45, 7) is 4.08. The third-order valence-electron chi connectivity index (χ3n) is 4.14. The summed E-state index contributed by atoms with van der Waals surface area (Å²) in [5, 5.41) is 2.88. The van der Waals surface area contributed by atoms with Crippen LogP contribution in [0.4, 0.5) is 5.69 Å². The van der Waals surface area contributed by atoms with Gasteiger partial charge in [0.25, 0.3) is 0 Å². The van der Waals surface area contributed by atoms with E-state index < -0.39 is 0 Å². The van der Waals surface area contributed by atoms with Crippen molar-refractivity contribution in [2.45, 2.75) is 20.3 Å². The Morgan fingerprint density at radius 1 is 1.04 bits per heavy atom. The Balaban J connectivity index is 1.86. The first-order valence-electron chi connectivity index (χ1n) is 8.93. The lowest BCUT2D eigenvalue weighted by atomic mass is 10.1. The fourth-order valence-electron chi connectivity index (χ4n) is 2.61. The fourth-order valence-corrected chi connectivity index (χ4v) is 2.61. The number of para-hydroxylation sites is 1. The number of benzene rings is 2. The molecule has 0 fully saturated rings. The van der Waals surface area contributed by atoms with E-state index in [9.17, 15) is 9.59 Å². The molecule has 0 aromatic heterocycles. The minimum Gasteiger partial charge on any atom is -0.497 e. The van der Waals surface area contributed by atoms with Gasteiger partial charge in [0.1, 0.15) is 18.1 Å². The highest BCUT2D eigenvalue weighted by atomic mass is 16.5. The molecule has 0 heterocycles. The number of hydrogen-bond acceptors (Lipinski definition) is 4. The standard InChI is InChI=1S/C21H26N2O4/c1-4-17-7-5-6-8-20(17)22-21(25)15-23(16(2)24)13-14-27-19-11-9-18(26-3)10-12-19/h5-12H,4,13-15H2,1-3H3,(H,22,25). The molecule has 0 unspecified atom stereocenters. The molecule has 2 amide bonds. The molecule has 2 aromatic rings. The smallest absolute Gasteiger partial charge is 0.244 e. The zero-order valence-electron chi connectivity index (χ0n) is 16.0. The topological polar surface area (TPSA) is 67.9 Å². The quantitative estimate of drug-likeness (QED) is 0.736. The lowest BCUT2D eigenvalue weighted by Gasteiger charge is -2.21. The molecule has 0 aliphatic heterocycles. The second kappa shape index (κ2) is 10.2. The number of nitrogens with zero attached hydrogens (tertiary/aromatic N) is 1. The molecular weight excluding hydrogens is 344 g/mol. The van der Waals surface area contributed by atoms with Crippen LogP contribution in [0.2, 0.25) is 0 Å². The summed E-state index contributed by atoms with van der Waals surface area (Å²) < 4.78 is 10.7. The summed E-state index contributed by atoms with van der Waals surface area (Å²) in [5.41, 5.74) is 1.84. The number of aryl methyl sites for hydroxylation is 1. The molecule has 2 rings (SSSR count). The van der Waals surface area contributed by atoms with Crippen LogP contribution in [-0.4, -0.2) is 43.5 Å². The Kier molecular flexibility index (Phi) is 7.67. The van der Waals surface area contributed by atoms with Gasteiger partial charge in [0.05, 0.1) is 20.2 Å². The number of ether oxygens (including phenoxy) is 2. The first-order valence-corrected chi connectivity index (χ1v) is 8.93. The van der Waals surface area contributed by atoms with Crippen LogP contribution in [0.3, 0.4) is 0 Å². The van der Waals surface area contributed by atoms with Crippen molar-refractivity contribution in [3.63, 3.8) is 0 Å². The molecule has 144 valence electrons. The highest BCUT2D eigenvalue weighted by Gasteiger charge is 2.14. The molecule has 2 aromatic carbocycles. The molecule has 0 bridgehead atoms. The Bertz CT molecular complexity index is 759. The average Bonchev–Trinajstić information content (AvgIpc) is 2.68. The van der Waals surface area contributed by atoms with E-state index in [-0.39, 0.29) is 18.4 Å². The molecular formula is C21H26N2O4.